The zero-order chi connectivity index (χ0) is 19.9. The summed E-state index contributed by atoms with van der Waals surface area (Å²) in [5, 5.41) is 3.14. The van der Waals surface area contributed by atoms with E-state index in [1.807, 2.05) is 0 Å². The van der Waals surface area contributed by atoms with Crippen LogP contribution in [0, 0.1) is 0 Å². The fourth-order valence-corrected chi connectivity index (χ4v) is 11.6. The normalized spacial score (nSPS) is 10.9. The Bertz CT molecular complexity index is 479. The molecule has 0 heterocycles. The van der Waals surface area contributed by atoms with Crippen molar-refractivity contribution < 1.29 is 45.3 Å². The standard InChI is InChI=1S/C6H5.2C4H9.2H3O3PS.Zn/c1-2-4-6-5-3-1;2*1-3-4-2;2*1-4(2,3)5;/h1-5H;2*1,3-4H2,2H3;2*(H3,1,2,3,5);. The summed E-state index contributed by atoms with van der Waals surface area (Å²) in [4.78, 5) is 45.3. The molecule has 6 nitrogen and oxygen atoms in total. The van der Waals surface area contributed by atoms with Crippen LogP contribution < -0.4 is 4.16 Å². The molecule has 145 valence electrons. The monoisotopic (exact) mass is 483 g/mol. The first-order chi connectivity index (χ1) is 11.4. The van der Waals surface area contributed by atoms with Gasteiger partial charge in [0, 0.05) is 0 Å². The van der Waals surface area contributed by atoms with Crippen molar-refractivity contribution in [1.82, 2.24) is 0 Å². The molecule has 1 aromatic rings. The molecule has 0 aliphatic carbocycles. The molecule has 11 heteroatoms. The second kappa shape index (κ2) is 15.9. The summed E-state index contributed by atoms with van der Waals surface area (Å²) < 4.78 is 1.75. The van der Waals surface area contributed by atoms with Gasteiger partial charge in [-0.1, -0.05) is 0 Å². The van der Waals surface area contributed by atoms with Crippen LogP contribution in [0.2, 0.25) is 10.0 Å². The Balaban J connectivity index is 0. The van der Waals surface area contributed by atoms with Crippen molar-refractivity contribution in [2.75, 3.05) is 0 Å². The van der Waals surface area contributed by atoms with Crippen LogP contribution in [0.1, 0.15) is 39.5 Å². The third kappa shape index (κ3) is 29.9. The fraction of sp³-hybridized carbons (Fsp3) is 0.571. The van der Waals surface area contributed by atoms with Gasteiger partial charge in [-0.3, -0.25) is 0 Å². The number of unbranched alkanes of at least 4 members (excludes halogenated alkanes) is 2. The Morgan fingerprint density at radius 1 is 0.760 bits per heavy atom. The molecule has 1 rings (SSSR count). The first kappa shape index (κ1) is 28.1. The van der Waals surface area contributed by atoms with E-state index in [0.717, 1.165) is 0 Å². The van der Waals surface area contributed by atoms with Crippen molar-refractivity contribution >= 4 is 41.2 Å². The van der Waals surface area contributed by atoms with Crippen LogP contribution in [0.25, 0.3) is 0 Å². The molecule has 0 fully saturated rings. The van der Waals surface area contributed by atoms with Crippen molar-refractivity contribution in [2.45, 2.75) is 49.6 Å². The zero-order valence-corrected chi connectivity index (χ0v) is 21.1. The Labute approximate surface area is 166 Å². The third-order valence-corrected chi connectivity index (χ3v) is 12.6. The molecular weight excluding hydrogens is 456 g/mol. The minimum atomic E-state index is -3.81. The van der Waals surface area contributed by atoms with Crippen LogP contribution in [-0.4, -0.2) is 29.4 Å². The molecule has 1 aromatic carbocycles. The summed E-state index contributed by atoms with van der Waals surface area (Å²) in [6.07, 6.45) is 5.65. The average Bonchev–Trinajstić information content (AvgIpc) is 2.45. The van der Waals surface area contributed by atoms with Gasteiger partial charge < -0.3 is 29.4 Å². The molecule has 0 saturated heterocycles. The largest absolute Gasteiger partial charge is 0.325 e. The van der Waals surface area contributed by atoms with Crippen molar-refractivity contribution in [2.24, 2.45) is 0 Å². The van der Waals surface area contributed by atoms with E-state index in [1.54, 1.807) is 14.2 Å². The van der Waals surface area contributed by atoms with Gasteiger partial charge in [0.15, 0.2) is 0 Å². The molecule has 0 saturated carbocycles. The van der Waals surface area contributed by atoms with E-state index < -0.39 is 29.4 Å². The van der Waals surface area contributed by atoms with Gasteiger partial charge >= 0.3 is 113 Å². The van der Waals surface area contributed by atoms with Crippen LogP contribution in [0.15, 0.2) is 30.3 Å². The van der Waals surface area contributed by atoms with E-state index in [2.05, 4.69) is 67.8 Å². The van der Waals surface area contributed by atoms with Crippen molar-refractivity contribution in [3.05, 3.63) is 30.3 Å². The molecule has 0 aliphatic heterocycles. The average molecular weight is 485 g/mol. The summed E-state index contributed by atoms with van der Waals surface area (Å²) in [5.41, 5.74) is 0. The Morgan fingerprint density at radius 2 is 1.08 bits per heavy atom. The topological polar surface area (TPSA) is 121 Å². The molecule has 0 spiro atoms. The fourth-order valence-electron chi connectivity index (χ4n) is 2.50. The van der Waals surface area contributed by atoms with Crippen LogP contribution in [-0.2, 0) is 39.6 Å². The van der Waals surface area contributed by atoms with Gasteiger partial charge in [0.1, 0.15) is 0 Å². The zero-order valence-electron chi connectivity index (χ0n) is 14.7. The number of benzene rings is 1. The van der Waals surface area contributed by atoms with Crippen LogP contribution in [0.3, 0.4) is 0 Å². The van der Waals surface area contributed by atoms with Crippen LogP contribution in [0.5, 0.6) is 0 Å². The van der Waals surface area contributed by atoms with E-state index in [9.17, 15) is 0 Å². The van der Waals surface area contributed by atoms with Gasteiger partial charge in [0.05, 0.1) is 0 Å². The van der Waals surface area contributed by atoms with E-state index in [0.29, 0.717) is 0 Å². The van der Waals surface area contributed by atoms with Gasteiger partial charge in [-0.05, 0) is 23.6 Å². The van der Waals surface area contributed by atoms with E-state index in [-0.39, 0.29) is 0 Å². The summed E-state index contributed by atoms with van der Waals surface area (Å²) in [6, 6.07) is 11.3. The summed E-state index contributed by atoms with van der Waals surface area (Å²) in [6.45, 7) is -2.99. The second-order valence-corrected chi connectivity index (χ2v) is 19.0. The molecule has 0 atom stereocenters. The maximum atomic E-state index is 7.56. The van der Waals surface area contributed by atoms with Crippen molar-refractivity contribution in [3.8, 4) is 0 Å². The van der Waals surface area contributed by atoms with Crippen molar-refractivity contribution in [1.29, 1.82) is 0 Å². The number of hydrogen-bond acceptors (Lipinski definition) is 2. The second-order valence-electron chi connectivity index (χ2n) is 5.78. The minimum Gasteiger partial charge on any atom is -0.325 e. The molecule has 6 N–H and O–H groups in total. The molecule has 0 amide bonds. The van der Waals surface area contributed by atoms with E-state index in [1.165, 1.54) is 25.7 Å². The molecule has 25 heavy (non-hydrogen) atoms. The predicted molar refractivity (Wildman–Crippen MR) is 107 cm³/mol. The van der Waals surface area contributed by atoms with Gasteiger partial charge in [0.2, 0.25) is 0 Å². The Hall–Kier alpha value is 0.903. The van der Waals surface area contributed by atoms with Crippen LogP contribution >= 0.6 is 13.4 Å². The first-order valence-corrected chi connectivity index (χ1v) is 19.2. The number of hydrogen-bond donors (Lipinski definition) is 6. The molecular formula is C14H29O6P2S2Zn. The van der Waals surface area contributed by atoms with Gasteiger partial charge in [-0.25, -0.2) is 0 Å². The molecule has 0 aromatic heterocycles. The summed E-state index contributed by atoms with van der Waals surface area (Å²) in [7, 11) is 0. The Morgan fingerprint density at radius 3 is 1.36 bits per heavy atom. The minimum absolute atomic E-state index is 1.34. The van der Waals surface area contributed by atoms with E-state index in [4.69, 9.17) is 29.4 Å². The quantitative estimate of drug-likeness (QED) is 0.258. The predicted octanol–water partition coefficient (Wildman–Crippen LogP) is 2.74. The smallest absolute Gasteiger partial charge is 0.319 e. The van der Waals surface area contributed by atoms with Gasteiger partial charge in [-0.2, -0.15) is 0 Å². The SMILES string of the molecule is CCC[CH2][Zn]([CH2]CCC)[c]1ccccc1.OP(O)(O)=S.OP(O)(O)=S. The maximum Gasteiger partial charge on any atom is 0.319 e. The van der Waals surface area contributed by atoms with Gasteiger partial charge in [-0.15, -0.1) is 0 Å². The third-order valence-electron chi connectivity index (χ3n) is 3.48. The summed E-state index contributed by atoms with van der Waals surface area (Å²) in [5.74, 6) is 0. The van der Waals surface area contributed by atoms with E-state index >= 15 is 0 Å². The molecule has 0 aliphatic rings. The molecule has 0 radical (unpaired) electrons. The first-order valence-electron chi connectivity index (χ1n) is 8.24. The van der Waals surface area contributed by atoms with Gasteiger partial charge in [0.25, 0.3) is 0 Å². The van der Waals surface area contributed by atoms with Crippen molar-refractivity contribution in [3.63, 3.8) is 0 Å². The maximum absolute atomic E-state index is 7.56. The molecule has 0 unspecified atom stereocenters. The Kier molecular flexibility index (Phi) is 17.9. The summed E-state index contributed by atoms with van der Waals surface area (Å²) >= 11 is 5.87. The van der Waals surface area contributed by atoms with Crippen LogP contribution in [0.4, 0.5) is 0 Å². The molecule has 0 bridgehead atoms. The number of rotatable bonds is 7.